The van der Waals surface area contributed by atoms with Gasteiger partial charge in [-0.25, -0.2) is 0 Å². The van der Waals surface area contributed by atoms with Crippen LogP contribution in [0.3, 0.4) is 0 Å². The molecule has 1 heteroatoms. The van der Waals surface area contributed by atoms with Crippen molar-refractivity contribution < 1.29 is 0 Å². The fourth-order valence-corrected chi connectivity index (χ4v) is 1.87. The second-order valence-corrected chi connectivity index (χ2v) is 4.37. The van der Waals surface area contributed by atoms with Crippen molar-refractivity contribution in [3.8, 4) is 0 Å². The monoisotopic (exact) mass is 305 g/mol. The molecule has 23 heavy (non-hydrogen) atoms. The number of nitrogens with zero attached hydrogens (tertiary/aromatic N) is 1. The van der Waals surface area contributed by atoms with E-state index >= 15 is 0 Å². The van der Waals surface area contributed by atoms with Crippen LogP contribution in [0.5, 0.6) is 0 Å². The average molecular weight is 305 g/mol. The van der Waals surface area contributed by atoms with E-state index in [9.17, 15) is 0 Å². The highest BCUT2D eigenvalue weighted by Crippen LogP contribution is 2.24. The van der Waals surface area contributed by atoms with Gasteiger partial charge in [-0.05, 0) is 38.2 Å². The molecule has 0 bridgehead atoms. The quantitative estimate of drug-likeness (QED) is 0.422. The maximum atomic E-state index is 3.82. The molecule has 0 saturated heterocycles. The van der Waals surface area contributed by atoms with Gasteiger partial charge in [0.15, 0.2) is 0 Å². The first-order valence-corrected chi connectivity index (χ1v) is 7.52. The molecule has 0 atom stereocenters. The third-order valence-electron chi connectivity index (χ3n) is 2.86. The normalized spacial score (nSPS) is 13.7. The lowest BCUT2D eigenvalue weighted by Crippen LogP contribution is -2.19. The topological polar surface area (TPSA) is 3.24 Å². The minimum atomic E-state index is 0.975. The van der Waals surface area contributed by atoms with Crippen molar-refractivity contribution in [3.05, 3.63) is 122 Å². The summed E-state index contributed by atoms with van der Waals surface area (Å²) < 4.78 is 0. The minimum Gasteiger partial charge on any atom is -0.311 e. The van der Waals surface area contributed by atoms with Crippen LogP contribution < -0.4 is 0 Å². The smallest absolute Gasteiger partial charge is 0.0461 e. The summed E-state index contributed by atoms with van der Waals surface area (Å²) in [5.74, 6) is 0. The first kappa shape index (κ1) is 20.2. The Morgan fingerprint density at radius 3 is 1.30 bits per heavy atom. The zero-order chi connectivity index (χ0) is 17.5. The summed E-state index contributed by atoms with van der Waals surface area (Å²) in [4.78, 5) is 2.13. The molecule has 1 nitrogen and oxygen atoms in total. The Balaban J connectivity index is 6.23. The molecule has 0 aromatic rings. The van der Waals surface area contributed by atoms with Gasteiger partial charge in [0, 0.05) is 17.1 Å². The van der Waals surface area contributed by atoms with Crippen molar-refractivity contribution in [2.45, 2.75) is 13.8 Å². The molecule has 0 saturated carbocycles. The summed E-state index contributed by atoms with van der Waals surface area (Å²) in [5, 5.41) is 0. The molecule has 0 N–H and O–H groups in total. The van der Waals surface area contributed by atoms with Gasteiger partial charge in [0.1, 0.15) is 0 Å². The van der Waals surface area contributed by atoms with Crippen molar-refractivity contribution in [1.29, 1.82) is 0 Å². The molecule has 0 aromatic carbocycles. The fraction of sp³-hybridized carbons (Fsp3) is 0.0909. The molecule has 0 radical (unpaired) electrons. The lowest BCUT2D eigenvalue weighted by atomic mass is 10.2. The molecular formula is C22H27N. The van der Waals surface area contributed by atoms with Crippen LogP contribution in [-0.2, 0) is 0 Å². The zero-order valence-corrected chi connectivity index (χ0v) is 14.3. The third kappa shape index (κ3) is 7.14. The Morgan fingerprint density at radius 2 is 1.00 bits per heavy atom. The number of allylic oxidation sites excluding steroid dienone is 13. The summed E-state index contributed by atoms with van der Waals surface area (Å²) in [6.45, 7) is 19.0. The standard InChI is InChI=1S/C22H27N/c1-7-13-17-20(11-5)23(21(12-6)18-14-8-2)22(16-10-4)19-15-9-3/h7-19H,1-4H2,5-6H3/b17-13-,18-14-,19-15-,20-11+,21-12+,22-16+. The largest absolute Gasteiger partial charge is 0.311 e. The number of rotatable bonds is 10. The lowest BCUT2D eigenvalue weighted by molar-refractivity contribution is 0.575. The third-order valence-corrected chi connectivity index (χ3v) is 2.86. The fourth-order valence-electron chi connectivity index (χ4n) is 1.87. The van der Waals surface area contributed by atoms with Gasteiger partial charge in [-0.1, -0.05) is 81.0 Å². The summed E-state index contributed by atoms with van der Waals surface area (Å²) in [6, 6.07) is 0. The van der Waals surface area contributed by atoms with Gasteiger partial charge in [0.05, 0.1) is 0 Å². The maximum absolute atomic E-state index is 3.82. The Kier molecular flexibility index (Phi) is 11.3. The van der Waals surface area contributed by atoms with Crippen molar-refractivity contribution in [1.82, 2.24) is 4.90 Å². The van der Waals surface area contributed by atoms with Crippen LogP contribution in [0.1, 0.15) is 13.8 Å². The van der Waals surface area contributed by atoms with E-state index in [2.05, 4.69) is 31.2 Å². The Bertz CT molecular complexity index is 555. The van der Waals surface area contributed by atoms with Crippen LogP contribution in [0.25, 0.3) is 0 Å². The van der Waals surface area contributed by atoms with Gasteiger partial charge in [0.25, 0.3) is 0 Å². The van der Waals surface area contributed by atoms with Gasteiger partial charge < -0.3 is 4.90 Å². The molecule has 0 fully saturated rings. The van der Waals surface area contributed by atoms with Gasteiger partial charge in [0.2, 0.25) is 0 Å². The number of hydrogen-bond acceptors (Lipinski definition) is 1. The molecule has 0 aliphatic carbocycles. The van der Waals surface area contributed by atoms with Crippen molar-refractivity contribution in [3.63, 3.8) is 0 Å². The Morgan fingerprint density at radius 1 is 0.609 bits per heavy atom. The first-order chi connectivity index (χ1) is 11.2. The van der Waals surface area contributed by atoms with E-state index in [1.165, 1.54) is 0 Å². The molecule has 0 heterocycles. The van der Waals surface area contributed by atoms with E-state index in [0.717, 1.165) is 17.1 Å². The van der Waals surface area contributed by atoms with E-state index in [1.54, 1.807) is 24.3 Å². The molecular weight excluding hydrogens is 278 g/mol. The van der Waals surface area contributed by atoms with Crippen LogP contribution in [0.2, 0.25) is 0 Å². The van der Waals surface area contributed by atoms with Gasteiger partial charge in [-0.15, -0.1) is 0 Å². The van der Waals surface area contributed by atoms with Crippen LogP contribution in [0.4, 0.5) is 0 Å². The minimum absolute atomic E-state index is 0.975. The molecule has 0 aromatic heterocycles. The highest BCUT2D eigenvalue weighted by molar-refractivity contribution is 5.40. The Hall–Kier alpha value is -2.80. The molecule has 0 unspecified atom stereocenters. The highest BCUT2D eigenvalue weighted by atomic mass is 15.2. The molecule has 120 valence electrons. The summed E-state index contributed by atoms with van der Waals surface area (Å²) in [7, 11) is 0. The highest BCUT2D eigenvalue weighted by Gasteiger charge is 2.12. The van der Waals surface area contributed by atoms with Gasteiger partial charge in [-0.2, -0.15) is 0 Å². The van der Waals surface area contributed by atoms with Gasteiger partial charge >= 0.3 is 0 Å². The molecule has 0 aliphatic heterocycles. The van der Waals surface area contributed by atoms with Crippen LogP contribution in [0.15, 0.2) is 122 Å². The van der Waals surface area contributed by atoms with Crippen molar-refractivity contribution in [2.24, 2.45) is 0 Å². The zero-order valence-electron chi connectivity index (χ0n) is 14.3. The average Bonchev–Trinajstić information content (AvgIpc) is 2.57. The Labute approximate surface area is 141 Å². The van der Waals surface area contributed by atoms with E-state index in [4.69, 9.17) is 0 Å². The first-order valence-electron chi connectivity index (χ1n) is 7.52. The molecule has 0 spiro atoms. The predicted molar refractivity (Wildman–Crippen MR) is 106 cm³/mol. The lowest BCUT2D eigenvalue weighted by Gasteiger charge is -2.28. The second kappa shape index (κ2) is 12.9. The van der Waals surface area contributed by atoms with Crippen molar-refractivity contribution >= 4 is 0 Å². The summed E-state index contributed by atoms with van der Waals surface area (Å²) in [5.41, 5.74) is 3.02. The molecule has 0 aliphatic rings. The van der Waals surface area contributed by atoms with Gasteiger partial charge in [-0.3, -0.25) is 0 Å². The van der Waals surface area contributed by atoms with Crippen LogP contribution in [-0.4, -0.2) is 4.90 Å². The van der Waals surface area contributed by atoms with E-state index in [-0.39, 0.29) is 0 Å². The van der Waals surface area contributed by atoms with Crippen LogP contribution in [0, 0.1) is 0 Å². The predicted octanol–water partition coefficient (Wildman–Crippen LogP) is 6.39. The number of hydrogen-bond donors (Lipinski definition) is 0. The summed E-state index contributed by atoms with van der Waals surface area (Å²) in [6.07, 6.45) is 24.8. The maximum Gasteiger partial charge on any atom is 0.0461 e. The van der Waals surface area contributed by atoms with Crippen molar-refractivity contribution in [2.75, 3.05) is 0 Å². The summed E-state index contributed by atoms with van der Waals surface area (Å²) >= 11 is 0. The SMILES string of the molecule is C=C/C=C\C(=C/C)N(C(/C=C\C=C)=C/C)C(/C=C\C=C)=C/C=C. The van der Waals surface area contributed by atoms with E-state index in [1.807, 2.05) is 68.5 Å². The second-order valence-electron chi connectivity index (χ2n) is 4.37. The van der Waals surface area contributed by atoms with E-state index < -0.39 is 0 Å². The van der Waals surface area contributed by atoms with Crippen LogP contribution >= 0.6 is 0 Å². The molecule has 0 rings (SSSR count). The molecule has 0 amide bonds. The van der Waals surface area contributed by atoms with E-state index in [0.29, 0.717) is 0 Å².